The van der Waals surface area contributed by atoms with Crippen molar-refractivity contribution >= 4 is 17.3 Å². The number of hydrogen-bond donors (Lipinski definition) is 2. The SMILES string of the molecule is COc1ccc(N)cc1C(=O)Nc1cccc(F)c1C#N. The first kappa shape index (κ1) is 14.3. The maximum Gasteiger partial charge on any atom is 0.259 e. The summed E-state index contributed by atoms with van der Waals surface area (Å²) in [6.45, 7) is 0. The van der Waals surface area contributed by atoms with Crippen LogP contribution in [0.4, 0.5) is 15.8 Å². The van der Waals surface area contributed by atoms with Gasteiger partial charge in [0, 0.05) is 5.69 Å². The third-order valence-corrected chi connectivity index (χ3v) is 2.84. The first-order valence-electron chi connectivity index (χ1n) is 6.00. The zero-order chi connectivity index (χ0) is 15.4. The van der Waals surface area contributed by atoms with E-state index in [1.807, 2.05) is 0 Å². The van der Waals surface area contributed by atoms with Crippen LogP contribution in [0.25, 0.3) is 0 Å². The number of carbonyl (C=O) groups excluding carboxylic acids is 1. The molecule has 0 saturated carbocycles. The number of carbonyl (C=O) groups is 1. The van der Waals surface area contributed by atoms with Crippen molar-refractivity contribution in [2.75, 3.05) is 18.2 Å². The number of anilines is 2. The van der Waals surface area contributed by atoms with Crippen molar-refractivity contribution in [2.24, 2.45) is 0 Å². The second-order valence-electron chi connectivity index (χ2n) is 4.19. The predicted octanol–water partition coefficient (Wildman–Crippen LogP) is 2.54. The molecule has 0 saturated heterocycles. The first-order chi connectivity index (χ1) is 10.1. The van der Waals surface area contributed by atoms with E-state index in [4.69, 9.17) is 15.7 Å². The van der Waals surface area contributed by atoms with Crippen LogP contribution in [0.15, 0.2) is 36.4 Å². The molecule has 0 bridgehead atoms. The van der Waals surface area contributed by atoms with Crippen LogP contribution >= 0.6 is 0 Å². The number of rotatable bonds is 3. The molecule has 0 unspecified atom stereocenters. The van der Waals surface area contributed by atoms with Gasteiger partial charge < -0.3 is 15.8 Å². The van der Waals surface area contributed by atoms with E-state index in [2.05, 4.69) is 5.32 Å². The summed E-state index contributed by atoms with van der Waals surface area (Å²) in [5, 5.41) is 11.4. The van der Waals surface area contributed by atoms with Crippen molar-refractivity contribution in [3.05, 3.63) is 53.3 Å². The third kappa shape index (κ3) is 2.92. The summed E-state index contributed by atoms with van der Waals surface area (Å²) in [7, 11) is 1.42. The molecule has 3 N–H and O–H groups in total. The molecule has 0 aliphatic carbocycles. The fourth-order valence-corrected chi connectivity index (χ4v) is 1.83. The maximum atomic E-state index is 13.5. The van der Waals surface area contributed by atoms with E-state index in [-0.39, 0.29) is 16.8 Å². The molecular formula is C15H12FN3O2. The molecule has 0 fully saturated rings. The van der Waals surface area contributed by atoms with Crippen molar-refractivity contribution in [1.29, 1.82) is 5.26 Å². The summed E-state index contributed by atoms with van der Waals surface area (Å²) < 4.78 is 18.6. The number of nitrogens with zero attached hydrogens (tertiary/aromatic N) is 1. The molecule has 0 atom stereocenters. The molecule has 5 nitrogen and oxygen atoms in total. The Hall–Kier alpha value is -3.07. The number of benzene rings is 2. The highest BCUT2D eigenvalue weighted by atomic mass is 19.1. The van der Waals surface area contributed by atoms with Gasteiger partial charge in [-0.25, -0.2) is 4.39 Å². The van der Waals surface area contributed by atoms with Gasteiger partial charge in [-0.2, -0.15) is 5.26 Å². The van der Waals surface area contributed by atoms with E-state index in [0.717, 1.165) is 6.07 Å². The van der Waals surface area contributed by atoms with Crippen molar-refractivity contribution in [1.82, 2.24) is 0 Å². The molecule has 0 aliphatic rings. The highest BCUT2D eigenvalue weighted by molar-refractivity contribution is 6.07. The molecule has 0 spiro atoms. The molecule has 0 heterocycles. The van der Waals surface area contributed by atoms with Gasteiger partial charge in [0.15, 0.2) is 0 Å². The van der Waals surface area contributed by atoms with Gasteiger partial charge in [0.1, 0.15) is 23.2 Å². The van der Waals surface area contributed by atoms with Crippen molar-refractivity contribution < 1.29 is 13.9 Å². The standard InChI is InChI=1S/C15H12FN3O2/c1-21-14-6-5-9(18)7-10(14)15(20)19-13-4-2-3-12(16)11(13)8-17/h2-7H,18H2,1H3,(H,19,20). The number of nitrogens with one attached hydrogen (secondary N) is 1. The molecule has 2 aromatic carbocycles. The zero-order valence-electron chi connectivity index (χ0n) is 11.2. The summed E-state index contributed by atoms with van der Waals surface area (Å²) in [6, 6.07) is 10.3. The summed E-state index contributed by atoms with van der Waals surface area (Å²) >= 11 is 0. The Morgan fingerprint density at radius 2 is 2.14 bits per heavy atom. The van der Waals surface area contributed by atoms with Gasteiger partial charge in [0.25, 0.3) is 5.91 Å². The lowest BCUT2D eigenvalue weighted by molar-refractivity contribution is 0.102. The average molecular weight is 285 g/mol. The van der Waals surface area contributed by atoms with Crippen LogP contribution in [-0.2, 0) is 0 Å². The monoisotopic (exact) mass is 285 g/mol. The quantitative estimate of drug-likeness (QED) is 0.848. The minimum atomic E-state index is -0.699. The number of nitrogens with two attached hydrogens (primary N) is 1. The molecule has 0 aliphatic heterocycles. The van der Waals surface area contributed by atoms with Crippen LogP contribution in [0.2, 0.25) is 0 Å². The van der Waals surface area contributed by atoms with E-state index in [0.29, 0.717) is 11.4 Å². The molecule has 2 aromatic rings. The predicted molar refractivity (Wildman–Crippen MR) is 76.5 cm³/mol. The number of hydrogen-bond acceptors (Lipinski definition) is 4. The first-order valence-corrected chi connectivity index (χ1v) is 6.00. The summed E-state index contributed by atoms with van der Waals surface area (Å²) in [5.74, 6) is -0.910. The lowest BCUT2D eigenvalue weighted by atomic mass is 10.1. The van der Waals surface area contributed by atoms with Crippen LogP contribution in [0.3, 0.4) is 0 Å². The Balaban J connectivity index is 2.38. The number of methoxy groups -OCH3 is 1. The zero-order valence-corrected chi connectivity index (χ0v) is 11.2. The van der Waals surface area contributed by atoms with Crippen molar-refractivity contribution in [3.8, 4) is 11.8 Å². The van der Waals surface area contributed by atoms with Gasteiger partial charge in [0.05, 0.1) is 18.4 Å². The number of nitrogen functional groups attached to an aromatic ring is 1. The minimum Gasteiger partial charge on any atom is -0.496 e. The van der Waals surface area contributed by atoms with E-state index in [1.54, 1.807) is 18.2 Å². The van der Waals surface area contributed by atoms with Crippen molar-refractivity contribution in [3.63, 3.8) is 0 Å². The number of nitriles is 1. The Kier molecular flexibility index (Phi) is 4.05. The van der Waals surface area contributed by atoms with Gasteiger partial charge >= 0.3 is 0 Å². The van der Waals surface area contributed by atoms with Crippen LogP contribution in [0, 0.1) is 17.1 Å². The van der Waals surface area contributed by atoms with Crippen LogP contribution in [-0.4, -0.2) is 13.0 Å². The van der Waals surface area contributed by atoms with Gasteiger partial charge in [-0.3, -0.25) is 4.79 Å². The Morgan fingerprint density at radius 3 is 2.81 bits per heavy atom. The molecule has 2 rings (SSSR count). The number of ether oxygens (including phenoxy) is 1. The molecule has 0 aromatic heterocycles. The summed E-state index contributed by atoms with van der Waals surface area (Å²) in [6.07, 6.45) is 0. The third-order valence-electron chi connectivity index (χ3n) is 2.84. The molecule has 21 heavy (non-hydrogen) atoms. The van der Waals surface area contributed by atoms with E-state index in [1.165, 1.54) is 25.3 Å². The molecule has 106 valence electrons. The van der Waals surface area contributed by atoms with Gasteiger partial charge in [-0.05, 0) is 30.3 Å². The highest BCUT2D eigenvalue weighted by Gasteiger charge is 2.16. The smallest absolute Gasteiger partial charge is 0.259 e. The van der Waals surface area contributed by atoms with Crippen molar-refractivity contribution in [2.45, 2.75) is 0 Å². The summed E-state index contributed by atoms with van der Waals surface area (Å²) in [4.78, 5) is 12.2. The van der Waals surface area contributed by atoms with Crippen LogP contribution in [0.1, 0.15) is 15.9 Å². The Bertz CT molecular complexity index is 738. The van der Waals surface area contributed by atoms with E-state index >= 15 is 0 Å². The van der Waals surface area contributed by atoms with Gasteiger partial charge in [-0.1, -0.05) is 6.07 Å². The fourth-order valence-electron chi connectivity index (χ4n) is 1.83. The van der Waals surface area contributed by atoms with E-state index in [9.17, 15) is 9.18 Å². The minimum absolute atomic E-state index is 0.0898. The van der Waals surface area contributed by atoms with Gasteiger partial charge in [0.2, 0.25) is 0 Å². The molecule has 1 amide bonds. The van der Waals surface area contributed by atoms with Crippen LogP contribution < -0.4 is 15.8 Å². The second kappa shape index (κ2) is 5.92. The topological polar surface area (TPSA) is 88.1 Å². The highest BCUT2D eigenvalue weighted by Crippen LogP contribution is 2.24. The Morgan fingerprint density at radius 1 is 1.38 bits per heavy atom. The Labute approximate surface area is 120 Å². The lowest BCUT2D eigenvalue weighted by Gasteiger charge is -2.11. The second-order valence-corrected chi connectivity index (χ2v) is 4.19. The largest absolute Gasteiger partial charge is 0.496 e. The number of halogens is 1. The lowest BCUT2D eigenvalue weighted by Crippen LogP contribution is -2.15. The normalized spacial score (nSPS) is 9.76. The fraction of sp³-hybridized carbons (Fsp3) is 0.0667. The number of amides is 1. The molecular weight excluding hydrogens is 273 g/mol. The summed E-state index contributed by atoms with van der Waals surface area (Å²) in [5.41, 5.74) is 6.10. The van der Waals surface area contributed by atoms with E-state index < -0.39 is 11.7 Å². The molecule has 0 radical (unpaired) electrons. The molecule has 6 heteroatoms. The van der Waals surface area contributed by atoms with Crippen LogP contribution in [0.5, 0.6) is 5.75 Å². The van der Waals surface area contributed by atoms with Gasteiger partial charge in [-0.15, -0.1) is 0 Å². The average Bonchev–Trinajstić information content (AvgIpc) is 2.47. The maximum absolute atomic E-state index is 13.5.